The minimum Gasteiger partial charge on any atom is -0.299 e. The van der Waals surface area contributed by atoms with Gasteiger partial charge >= 0.3 is 0 Å². The number of aryl methyl sites for hydroxylation is 1. The number of benzene rings is 1. The first-order valence-electron chi connectivity index (χ1n) is 3.62. The summed E-state index contributed by atoms with van der Waals surface area (Å²) in [6.07, 6.45) is 4.04. The van der Waals surface area contributed by atoms with Crippen LogP contribution in [-0.4, -0.2) is 6.29 Å². The highest BCUT2D eigenvalue weighted by molar-refractivity contribution is 9.10. The second-order valence-electron chi connectivity index (χ2n) is 2.52. The van der Waals surface area contributed by atoms with E-state index in [9.17, 15) is 4.79 Å². The lowest BCUT2D eigenvalue weighted by molar-refractivity contribution is -0.104. The van der Waals surface area contributed by atoms with E-state index in [1.807, 2.05) is 25.1 Å². The van der Waals surface area contributed by atoms with Gasteiger partial charge in [-0.2, -0.15) is 0 Å². The third kappa shape index (κ3) is 2.31. The quantitative estimate of drug-likeness (QED) is 0.558. The molecule has 0 radical (unpaired) electrons. The summed E-state index contributed by atoms with van der Waals surface area (Å²) in [6, 6.07) is 6.01. The SMILES string of the molecule is Cc1ccc(Br)c(/C=C/C=O)c1. The number of halogens is 1. The van der Waals surface area contributed by atoms with Crippen molar-refractivity contribution in [3.8, 4) is 0 Å². The number of aldehydes is 1. The summed E-state index contributed by atoms with van der Waals surface area (Å²) in [7, 11) is 0. The molecule has 0 aromatic heterocycles. The molecule has 0 saturated heterocycles. The number of hydrogen-bond acceptors (Lipinski definition) is 1. The lowest BCUT2D eigenvalue weighted by atomic mass is 10.1. The zero-order valence-corrected chi connectivity index (χ0v) is 8.34. The first-order chi connectivity index (χ1) is 5.74. The summed E-state index contributed by atoms with van der Waals surface area (Å²) in [6.45, 7) is 2.02. The van der Waals surface area contributed by atoms with E-state index in [1.165, 1.54) is 11.6 Å². The van der Waals surface area contributed by atoms with Gasteiger partial charge in [0.1, 0.15) is 6.29 Å². The van der Waals surface area contributed by atoms with Gasteiger partial charge in [-0.1, -0.05) is 39.7 Å². The first-order valence-corrected chi connectivity index (χ1v) is 4.41. The standard InChI is InChI=1S/C10H9BrO/c1-8-4-5-10(11)9(7-8)3-2-6-12/h2-7H,1H3/b3-2+. The van der Waals surface area contributed by atoms with Crippen LogP contribution in [0.1, 0.15) is 11.1 Å². The Hall–Kier alpha value is -0.890. The highest BCUT2D eigenvalue weighted by Crippen LogP contribution is 2.18. The average Bonchev–Trinajstić information content (AvgIpc) is 2.07. The minimum absolute atomic E-state index is 0.773. The number of rotatable bonds is 2. The molecule has 1 rings (SSSR count). The van der Waals surface area contributed by atoms with Gasteiger partial charge in [0, 0.05) is 4.47 Å². The molecule has 1 aromatic carbocycles. The molecule has 1 nitrogen and oxygen atoms in total. The van der Waals surface area contributed by atoms with Gasteiger partial charge in [0.2, 0.25) is 0 Å². The molecule has 0 fully saturated rings. The predicted octanol–water partition coefficient (Wildman–Crippen LogP) is 2.97. The third-order valence-electron chi connectivity index (χ3n) is 1.51. The molecule has 0 aliphatic carbocycles. The van der Waals surface area contributed by atoms with Gasteiger partial charge in [-0.3, -0.25) is 4.79 Å². The number of carbonyl (C=O) groups is 1. The molecule has 0 heterocycles. The molecular weight excluding hydrogens is 216 g/mol. The van der Waals surface area contributed by atoms with Crippen molar-refractivity contribution in [2.75, 3.05) is 0 Å². The summed E-state index contributed by atoms with van der Waals surface area (Å²) in [5.74, 6) is 0. The van der Waals surface area contributed by atoms with Gasteiger partial charge in [-0.15, -0.1) is 0 Å². The molecule has 1 aromatic rings. The Morgan fingerprint density at radius 3 is 2.83 bits per heavy atom. The fourth-order valence-electron chi connectivity index (χ4n) is 0.934. The van der Waals surface area contributed by atoms with Crippen LogP contribution in [0.4, 0.5) is 0 Å². The maximum atomic E-state index is 10.1. The van der Waals surface area contributed by atoms with Crippen molar-refractivity contribution in [3.05, 3.63) is 39.9 Å². The number of carbonyl (C=O) groups excluding carboxylic acids is 1. The zero-order valence-electron chi connectivity index (χ0n) is 6.75. The van der Waals surface area contributed by atoms with Crippen LogP contribution in [0.5, 0.6) is 0 Å². The molecule has 0 N–H and O–H groups in total. The van der Waals surface area contributed by atoms with Crippen molar-refractivity contribution in [1.29, 1.82) is 0 Å². The van der Waals surface area contributed by atoms with E-state index in [4.69, 9.17) is 0 Å². The summed E-state index contributed by atoms with van der Waals surface area (Å²) in [5, 5.41) is 0. The van der Waals surface area contributed by atoms with E-state index >= 15 is 0 Å². The second-order valence-corrected chi connectivity index (χ2v) is 3.37. The van der Waals surface area contributed by atoms with Gasteiger partial charge in [-0.05, 0) is 24.6 Å². The molecule has 2 heteroatoms. The van der Waals surface area contributed by atoms with Gasteiger partial charge < -0.3 is 0 Å². The van der Waals surface area contributed by atoms with Gasteiger partial charge in [0.15, 0.2) is 0 Å². The van der Waals surface area contributed by atoms with E-state index < -0.39 is 0 Å². The molecule has 0 aliphatic heterocycles. The van der Waals surface area contributed by atoms with E-state index in [0.717, 1.165) is 16.3 Å². The van der Waals surface area contributed by atoms with Crippen molar-refractivity contribution >= 4 is 28.3 Å². The lowest BCUT2D eigenvalue weighted by Crippen LogP contribution is -1.78. The first kappa shape index (κ1) is 9.20. The van der Waals surface area contributed by atoms with E-state index in [2.05, 4.69) is 15.9 Å². The van der Waals surface area contributed by atoms with Crippen molar-refractivity contribution in [2.45, 2.75) is 6.92 Å². The molecule has 0 aliphatic rings. The molecule has 0 saturated carbocycles. The van der Waals surface area contributed by atoms with Crippen LogP contribution >= 0.6 is 15.9 Å². The van der Waals surface area contributed by atoms with E-state index in [0.29, 0.717) is 0 Å². The van der Waals surface area contributed by atoms with Crippen molar-refractivity contribution < 1.29 is 4.79 Å². The van der Waals surface area contributed by atoms with Gasteiger partial charge in [0.25, 0.3) is 0 Å². The Labute approximate surface area is 80.2 Å². The third-order valence-corrected chi connectivity index (χ3v) is 2.23. The Kier molecular flexibility index (Phi) is 3.23. The van der Waals surface area contributed by atoms with Crippen LogP contribution in [0.25, 0.3) is 6.08 Å². The van der Waals surface area contributed by atoms with Crippen LogP contribution < -0.4 is 0 Å². The molecule has 12 heavy (non-hydrogen) atoms. The second kappa shape index (κ2) is 4.21. The topological polar surface area (TPSA) is 17.1 Å². The zero-order chi connectivity index (χ0) is 8.97. The van der Waals surface area contributed by atoms with Crippen LogP contribution in [0.15, 0.2) is 28.7 Å². The fraction of sp³-hybridized carbons (Fsp3) is 0.100. The maximum absolute atomic E-state index is 10.1. The monoisotopic (exact) mass is 224 g/mol. The van der Waals surface area contributed by atoms with Crippen LogP contribution in [-0.2, 0) is 4.79 Å². The largest absolute Gasteiger partial charge is 0.299 e. The number of allylic oxidation sites excluding steroid dienone is 1. The van der Waals surface area contributed by atoms with Gasteiger partial charge in [0.05, 0.1) is 0 Å². The fourth-order valence-corrected chi connectivity index (χ4v) is 1.31. The summed E-state index contributed by atoms with van der Waals surface area (Å²) < 4.78 is 1.01. The normalized spacial score (nSPS) is 10.5. The summed E-state index contributed by atoms with van der Waals surface area (Å²) in [5.41, 5.74) is 2.21. The Balaban J connectivity index is 3.04. The summed E-state index contributed by atoms with van der Waals surface area (Å²) in [4.78, 5) is 10.1. The van der Waals surface area contributed by atoms with Crippen LogP contribution in [0.3, 0.4) is 0 Å². The molecule has 0 amide bonds. The molecule has 0 bridgehead atoms. The van der Waals surface area contributed by atoms with Crippen molar-refractivity contribution in [1.82, 2.24) is 0 Å². The molecule has 62 valence electrons. The minimum atomic E-state index is 0.773. The molecular formula is C10H9BrO. The summed E-state index contributed by atoms with van der Waals surface area (Å²) >= 11 is 3.39. The van der Waals surface area contributed by atoms with Crippen molar-refractivity contribution in [3.63, 3.8) is 0 Å². The van der Waals surface area contributed by atoms with E-state index in [-0.39, 0.29) is 0 Å². The lowest BCUT2D eigenvalue weighted by Gasteiger charge is -1.98. The van der Waals surface area contributed by atoms with Crippen LogP contribution in [0, 0.1) is 6.92 Å². The molecule has 0 spiro atoms. The Morgan fingerprint density at radius 1 is 1.42 bits per heavy atom. The highest BCUT2D eigenvalue weighted by Gasteiger charge is 1.94. The Bertz CT molecular complexity index is 316. The molecule has 0 unspecified atom stereocenters. The Morgan fingerprint density at radius 2 is 2.17 bits per heavy atom. The maximum Gasteiger partial charge on any atom is 0.142 e. The van der Waals surface area contributed by atoms with Crippen LogP contribution in [0.2, 0.25) is 0 Å². The average molecular weight is 225 g/mol. The van der Waals surface area contributed by atoms with Crippen molar-refractivity contribution in [2.24, 2.45) is 0 Å². The van der Waals surface area contributed by atoms with E-state index in [1.54, 1.807) is 6.08 Å². The number of hydrogen-bond donors (Lipinski definition) is 0. The predicted molar refractivity (Wildman–Crippen MR) is 54.0 cm³/mol. The molecule has 0 atom stereocenters. The highest BCUT2D eigenvalue weighted by atomic mass is 79.9. The smallest absolute Gasteiger partial charge is 0.142 e. The van der Waals surface area contributed by atoms with Gasteiger partial charge in [-0.25, -0.2) is 0 Å².